The van der Waals surface area contributed by atoms with Crippen LogP contribution >= 0.6 is 23.5 Å². The van der Waals surface area contributed by atoms with Gasteiger partial charge < -0.3 is 21.1 Å². The van der Waals surface area contributed by atoms with Crippen molar-refractivity contribution in [3.8, 4) is 17.7 Å². The molecule has 0 aliphatic carbocycles. The van der Waals surface area contributed by atoms with E-state index in [0.29, 0.717) is 17.1 Å². The summed E-state index contributed by atoms with van der Waals surface area (Å²) in [6, 6.07) is 16.7. The number of thioether (sulfide) groups is 2. The predicted octanol–water partition coefficient (Wildman–Crippen LogP) is 5.67. The lowest BCUT2D eigenvalue weighted by atomic mass is 9.98. The van der Waals surface area contributed by atoms with Gasteiger partial charge in [-0.1, -0.05) is 6.07 Å². The molecule has 0 bridgehead atoms. The Balaban J connectivity index is 1.85. The maximum atomic E-state index is 9.58. The largest absolute Gasteiger partial charge is 0.438 e. The van der Waals surface area contributed by atoms with Crippen LogP contribution in [0, 0.1) is 11.3 Å². The number of nitrogen functional groups attached to an aromatic ring is 2. The fraction of sp³-hybridized carbons (Fsp3) is 0.250. The fourth-order valence-corrected chi connectivity index (χ4v) is 5.49. The summed E-state index contributed by atoms with van der Waals surface area (Å²) in [7, 11) is 0. The summed E-state index contributed by atoms with van der Waals surface area (Å²) >= 11 is 3.37. The van der Waals surface area contributed by atoms with E-state index >= 15 is 0 Å². The topological polar surface area (TPSA) is 101 Å². The molecule has 0 fully saturated rings. The van der Waals surface area contributed by atoms with E-state index in [1.165, 1.54) is 4.90 Å². The molecule has 2 heterocycles. The number of nitrogens with two attached hydrogens (primary N) is 2. The maximum Gasteiger partial charge on any atom is 0.228 e. The van der Waals surface area contributed by atoms with Gasteiger partial charge in [-0.15, -0.1) is 23.5 Å². The molecule has 1 unspecified atom stereocenters. The second-order valence-corrected chi connectivity index (χ2v) is 9.34. The van der Waals surface area contributed by atoms with Crippen molar-refractivity contribution in [2.24, 2.45) is 0 Å². The molecule has 1 aliphatic rings. The van der Waals surface area contributed by atoms with Crippen molar-refractivity contribution in [3.63, 3.8) is 0 Å². The minimum atomic E-state index is -0.181. The number of aromatic nitrogens is 1. The lowest BCUT2D eigenvalue weighted by molar-refractivity contribution is 0.441. The number of pyridine rings is 1. The van der Waals surface area contributed by atoms with Gasteiger partial charge in [-0.2, -0.15) is 10.2 Å². The molecule has 6 nitrogen and oxygen atoms in total. The number of ether oxygens (including phenoxy) is 1. The van der Waals surface area contributed by atoms with Crippen molar-refractivity contribution < 1.29 is 4.74 Å². The fourth-order valence-electron chi connectivity index (χ4n) is 3.85. The van der Waals surface area contributed by atoms with Crippen molar-refractivity contribution in [1.82, 2.24) is 4.98 Å². The molecule has 3 aromatic rings. The third-order valence-corrected chi connectivity index (χ3v) is 7.58. The van der Waals surface area contributed by atoms with E-state index in [1.54, 1.807) is 23.5 Å². The van der Waals surface area contributed by atoms with E-state index < -0.39 is 0 Å². The molecule has 0 amide bonds. The van der Waals surface area contributed by atoms with E-state index in [-0.39, 0.29) is 16.6 Å². The molecule has 8 heteroatoms. The van der Waals surface area contributed by atoms with Crippen LogP contribution in [-0.2, 0) is 0 Å². The van der Waals surface area contributed by atoms with E-state index in [4.69, 9.17) is 16.2 Å². The Morgan fingerprint density at radius 2 is 1.78 bits per heavy atom. The standard InChI is InChI=1S/C24H25N5OS2/c1-4-29(5-2)14-6-11-17-19(12-14)30-24-20(21(26)18(13-25)23(27)28-24)22(17)32-16-9-7-15(31-3)8-10-16/h6-12,22H,4-5H2,1-3H3,(H4,26,27,28). The molecule has 4 N–H and O–H groups in total. The maximum absolute atomic E-state index is 9.58. The first kappa shape index (κ1) is 22.2. The lowest BCUT2D eigenvalue weighted by Crippen LogP contribution is -2.22. The first-order valence-electron chi connectivity index (χ1n) is 10.4. The zero-order chi connectivity index (χ0) is 22.8. The van der Waals surface area contributed by atoms with Gasteiger partial charge in [-0.25, -0.2) is 0 Å². The predicted molar refractivity (Wildman–Crippen MR) is 134 cm³/mol. The number of hydrogen-bond acceptors (Lipinski definition) is 8. The highest BCUT2D eigenvalue weighted by Gasteiger charge is 2.34. The zero-order valence-electron chi connectivity index (χ0n) is 18.3. The normalized spacial score (nSPS) is 14.1. The van der Waals surface area contributed by atoms with Crippen molar-refractivity contribution in [2.45, 2.75) is 28.9 Å². The smallest absolute Gasteiger partial charge is 0.228 e. The molecule has 32 heavy (non-hydrogen) atoms. The van der Waals surface area contributed by atoms with Gasteiger partial charge >= 0.3 is 0 Å². The molecule has 0 spiro atoms. The van der Waals surface area contributed by atoms with Gasteiger partial charge in [0.25, 0.3) is 0 Å². The highest BCUT2D eigenvalue weighted by atomic mass is 32.2. The summed E-state index contributed by atoms with van der Waals surface area (Å²) < 4.78 is 6.20. The van der Waals surface area contributed by atoms with Crippen LogP contribution in [0.15, 0.2) is 52.3 Å². The first-order chi connectivity index (χ1) is 15.5. The van der Waals surface area contributed by atoms with Crippen LogP contribution < -0.4 is 21.1 Å². The average molecular weight is 464 g/mol. The van der Waals surface area contributed by atoms with Crippen molar-refractivity contribution in [2.75, 3.05) is 35.7 Å². The van der Waals surface area contributed by atoms with Gasteiger partial charge in [0.05, 0.1) is 16.5 Å². The summed E-state index contributed by atoms with van der Waals surface area (Å²) in [5, 5.41) is 9.40. The van der Waals surface area contributed by atoms with Gasteiger partial charge in [0.15, 0.2) is 0 Å². The third kappa shape index (κ3) is 3.94. The van der Waals surface area contributed by atoms with Crippen molar-refractivity contribution in [3.05, 3.63) is 59.2 Å². The molecule has 1 aromatic heterocycles. The number of nitriles is 1. The molecule has 0 saturated heterocycles. The third-order valence-electron chi connectivity index (χ3n) is 5.57. The quantitative estimate of drug-likeness (QED) is 0.451. The van der Waals surface area contributed by atoms with Crippen LogP contribution in [0.5, 0.6) is 11.6 Å². The molecule has 164 valence electrons. The molecule has 4 rings (SSSR count). The van der Waals surface area contributed by atoms with E-state index in [0.717, 1.165) is 35.0 Å². The Kier molecular flexibility index (Phi) is 6.40. The van der Waals surface area contributed by atoms with Crippen LogP contribution in [0.1, 0.15) is 35.8 Å². The van der Waals surface area contributed by atoms with Crippen LogP contribution in [0.4, 0.5) is 17.2 Å². The number of anilines is 3. The van der Waals surface area contributed by atoms with Gasteiger partial charge in [0.2, 0.25) is 5.88 Å². The highest BCUT2D eigenvalue weighted by Crippen LogP contribution is 2.54. The summed E-state index contributed by atoms with van der Waals surface area (Å²) in [4.78, 5) is 8.95. The van der Waals surface area contributed by atoms with Gasteiger partial charge in [-0.3, -0.25) is 0 Å². The number of nitrogens with zero attached hydrogens (tertiary/aromatic N) is 3. The van der Waals surface area contributed by atoms with Gasteiger partial charge in [0, 0.05) is 40.2 Å². The zero-order valence-corrected chi connectivity index (χ0v) is 19.9. The van der Waals surface area contributed by atoms with Gasteiger partial charge in [0.1, 0.15) is 23.2 Å². The summed E-state index contributed by atoms with van der Waals surface area (Å²) in [5.41, 5.74) is 15.7. The molecular formula is C24H25N5OS2. The van der Waals surface area contributed by atoms with E-state index in [2.05, 4.69) is 72.5 Å². The minimum absolute atomic E-state index is 0.0835. The molecule has 0 saturated carbocycles. The second-order valence-electron chi connectivity index (χ2n) is 7.29. The van der Waals surface area contributed by atoms with Crippen LogP contribution in [-0.4, -0.2) is 24.3 Å². The minimum Gasteiger partial charge on any atom is -0.438 e. The number of rotatable bonds is 6. The average Bonchev–Trinajstić information content (AvgIpc) is 2.80. The Hall–Kier alpha value is -3.02. The van der Waals surface area contributed by atoms with Crippen LogP contribution in [0.2, 0.25) is 0 Å². The van der Waals surface area contributed by atoms with Crippen molar-refractivity contribution >= 4 is 40.7 Å². The summed E-state index contributed by atoms with van der Waals surface area (Å²) in [6.45, 7) is 6.05. The number of fused-ring (bicyclic) bond motifs is 2. The molecule has 1 atom stereocenters. The molecule has 1 aliphatic heterocycles. The van der Waals surface area contributed by atoms with Crippen molar-refractivity contribution in [1.29, 1.82) is 5.26 Å². The SMILES string of the molecule is CCN(CC)c1ccc2c(c1)Oc1nc(N)c(C#N)c(N)c1C2Sc1ccc(SC)cc1. The number of benzene rings is 2. The molecule has 2 aromatic carbocycles. The Labute approximate surface area is 197 Å². The second kappa shape index (κ2) is 9.23. The Morgan fingerprint density at radius 1 is 1.09 bits per heavy atom. The van der Waals surface area contributed by atoms with E-state index in [1.807, 2.05) is 6.07 Å². The lowest BCUT2D eigenvalue weighted by Gasteiger charge is -2.30. The monoisotopic (exact) mass is 463 g/mol. The molecule has 0 radical (unpaired) electrons. The van der Waals surface area contributed by atoms with E-state index in [9.17, 15) is 5.26 Å². The summed E-state index contributed by atoms with van der Waals surface area (Å²) in [5.74, 6) is 1.18. The summed E-state index contributed by atoms with van der Waals surface area (Å²) in [6.07, 6.45) is 2.06. The number of hydrogen-bond donors (Lipinski definition) is 2. The Morgan fingerprint density at radius 3 is 2.41 bits per heavy atom. The van der Waals surface area contributed by atoms with Crippen LogP contribution in [0.3, 0.4) is 0 Å². The highest BCUT2D eigenvalue weighted by molar-refractivity contribution is 8.00. The van der Waals surface area contributed by atoms with Gasteiger partial charge in [-0.05, 0) is 50.4 Å². The Bertz CT molecular complexity index is 1190. The van der Waals surface area contributed by atoms with Crippen LogP contribution in [0.25, 0.3) is 0 Å². The molecular weight excluding hydrogens is 438 g/mol. The first-order valence-corrected chi connectivity index (χ1v) is 12.5.